The molecule has 0 saturated carbocycles. The fourth-order valence-electron chi connectivity index (χ4n) is 1.43. The molecule has 0 aliphatic carbocycles. The summed E-state index contributed by atoms with van der Waals surface area (Å²) in [7, 11) is 0. The number of thiazole rings is 1. The van der Waals surface area contributed by atoms with E-state index in [0.29, 0.717) is 0 Å². The summed E-state index contributed by atoms with van der Waals surface area (Å²) in [5.41, 5.74) is 0.846. The minimum atomic E-state index is -0.797. The number of carboxylic acids is 1. The Hall–Kier alpha value is -1.20. The average molecular weight is 253 g/mol. The van der Waals surface area contributed by atoms with E-state index in [1.165, 1.54) is 16.2 Å². The first-order valence-corrected chi connectivity index (χ1v) is 6.54. The molecule has 16 heavy (non-hydrogen) atoms. The summed E-state index contributed by atoms with van der Waals surface area (Å²) in [5.74, 6) is -0.797. The second-order valence-electron chi connectivity index (χ2n) is 3.44. The number of carboxylic acid groups (broad SMARTS) is 1. The zero-order chi connectivity index (χ0) is 11.5. The lowest BCUT2D eigenvalue weighted by molar-refractivity contribution is -0.136. The standard InChI is InChI=1S/C11H11NO2S2/c1-7-9(6-11(13)14)16-10(12-7)5-8-3-2-4-15-8/h2-4H,5-6H2,1H3,(H,13,14). The van der Waals surface area contributed by atoms with Crippen molar-refractivity contribution in [2.75, 3.05) is 0 Å². The first-order valence-electron chi connectivity index (χ1n) is 4.84. The first-order chi connectivity index (χ1) is 7.65. The number of aromatic nitrogens is 1. The average Bonchev–Trinajstić information content (AvgIpc) is 2.78. The molecule has 0 spiro atoms. The highest BCUT2D eigenvalue weighted by Crippen LogP contribution is 2.22. The lowest BCUT2D eigenvalue weighted by atomic mass is 10.3. The Morgan fingerprint density at radius 1 is 1.56 bits per heavy atom. The number of hydrogen-bond acceptors (Lipinski definition) is 4. The third kappa shape index (κ3) is 2.68. The molecule has 0 radical (unpaired) electrons. The minimum absolute atomic E-state index is 0.0773. The van der Waals surface area contributed by atoms with Gasteiger partial charge in [-0.15, -0.1) is 22.7 Å². The van der Waals surface area contributed by atoms with Crippen LogP contribution in [-0.4, -0.2) is 16.1 Å². The van der Waals surface area contributed by atoms with E-state index in [9.17, 15) is 4.79 Å². The van der Waals surface area contributed by atoms with Crippen molar-refractivity contribution >= 4 is 28.6 Å². The van der Waals surface area contributed by atoms with Gasteiger partial charge in [-0.2, -0.15) is 0 Å². The monoisotopic (exact) mass is 253 g/mol. The quantitative estimate of drug-likeness (QED) is 0.911. The van der Waals surface area contributed by atoms with Gasteiger partial charge in [0.15, 0.2) is 0 Å². The number of carbonyl (C=O) groups is 1. The van der Waals surface area contributed by atoms with Gasteiger partial charge in [-0.05, 0) is 18.4 Å². The summed E-state index contributed by atoms with van der Waals surface area (Å²) in [5, 5.41) is 11.8. The zero-order valence-electron chi connectivity index (χ0n) is 8.77. The summed E-state index contributed by atoms with van der Waals surface area (Å²) < 4.78 is 0. The maximum absolute atomic E-state index is 10.6. The molecule has 5 heteroatoms. The Morgan fingerprint density at radius 2 is 2.38 bits per heavy atom. The van der Waals surface area contributed by atoms with Gasteiger partial charge in [-0.25, -0.2) is 4.98 Å². The summed E-state index contributed by atoms with van der Waals surface area (Å²) >= 11 is 3.20. The maximum atomic E-state index is 10.6. The van der Waals surface area contributed by atoms with Gasteiger partial charge in [0.05, 0.1) is 17.1 Å². The number of aliphatic carboxylic acids is 1. The van der Waals surface area contributed by atoms with Gasteiger partial charge in [-0.3, -0.25) is 4.79 Å². The molecule has 1 N–H and O–H groups in total. The Morgan fingerprint density at radius 3 is 3.00 bits per heavy atom. The molecule has 2 rings (SSSR count). The predicted molar refractivity (Wildman–Crippen MR) is 65.3 cm³/mol. The highest BCUT2D eigenvalue weighted by molar-refractivity contribution is 7.12. The van der Waals surface area contributed by atoms with Crippen LogP contribution in [0.3, 0.4) is 0 Å². The molecule has 2 aromatic rings. The van der Waals surface area contributed by atoms with E-state index >= 15 is 0 Å². The molecular weight excluding hydrogens is 242 g/mol. The van der Waals surface area contributed by atoms with Crippen molar-refractivity contribution in [3.8, 4) is 0 Å². The highest BCUT2D eigenvalue weighted by Gasteiger charge is 2.11. The number of rotatable bonds is 4. The van der Waals surface area contributed by atoms with E-state index in [0.717, 1.165) is 22.0 Å². The molecule has 0 atom stereocenters. The molecule has 0 saturated heterocycles. The number of thiophene rings is 1. The lowest BCUT2D eigenvalue weighted by Gasteiger charge is -1.90. The molecule has 2 aromatic heterocycles. The van der Waals surface area contributed by atoms with Crippen LogP contribution in [-0.2, 0) is 17.6 Å². The largest absolute Gasteiger partial charge is 0.481 e. The summed E-state index contributed by atoms with van der Waals surface area (Å²) in [6.07, 6.45) is 0.886. The summed E-state index contributed by atoms with van der Waals surface area (Å²) in [4.78, 5) is 17.1. The molecule has 0 aliphatic heterocycles. The fraction of sp³-hybridized carbons (Fsp3) is 0.273. The number of aryl methyl sites for hydroxylation is 1. The van der Waals surface area contributed by atoms with Crippen molar-refractivity contribution in [1.29, 1.82) is 0 Å². The van der Waals surface area contributed by atoms with E-state index in [-0.39, 0.29) is 6.42 Å². The van der Waals surface area contributed by atoms with Crippen LogP contribution < -0.4 is 0 Å². The summed E-state index contributed by atoms with van der Waals surface area (Å²) in [6.45, 7) is 1.87. The first kappa shape index (κ1) is 11.3. The van der Waals surface area contributed by atoms with Crippen molar-refractivity contribution in [2.45, 2.75) is 19.8 Å². The van der Waals surface area contributed by atoms with E-state index in [4.69, 9.17) is 5.11 Å². The third-order valence-electron chi connectivity index (χ3n) is 2.15. The van der Waals surface area contributed by atoms with Crippen LogP contribution in [0.5, 0.6) is 0 Å². The third-order valence-corrected chi connectivity index (χ3v) is 4.19. The van der Waals surface area contributed by atoms with Crippen LogP contribution in [0.1, 0.15) is 20.5 Å². The van der Waals surface area contributed by atoms with E-state index < -0.39 is 5.97 Å². The minimum Gasteiger partial charge on any atom is -0.481 e. The van der Waals surface area contributed by atoms with Crippen molar-refractivity contribution in [3.63, 3.8) is 0 Å². The van der Waals surface area contributed by atoms with Gasteiger partial charge in [0.2, 0.25) is 0 Å². The van der Waals surface area contributed by atoms with Crippen LogP contribution in [0.25, 0.3) is 0 Å². The summed E-state index contributed by atoms with van der Waals surface area (Å²) in [6, 6.07) is 4.08. The van der Waals surface area contributed by atoms with Crippen molar-refractivity contribution in [3.05, 3.63) is 38.0 Å². The van der Waals surface area contributed by atoms with Crippen molar-refractivity contribution in [1.82, 2.24) is 4.98 Å². The smallest absolute Gasteiger partial charge is 0.308 e. The number of nitrogens with zero attached hydrogens (tertiary/aromatic N) is 1. The maximum Gasteiger partial charge on any atom is 0.308 e. The number of hydrogen-bond donors (Lipinski definition) is 1. The normalized spacial score (nSPS) is 10.6. The lowest BCUT2D eigenvalue weighted by Crippen LogP contribution is -1.99. The molecule has 0 amide bonds. The van der Waals surface area contributed by atoms with Gasteiger partial charge < -0.3 is 5.11 Å². The van der Waals surface area contributed by atoms with E-state index in [1.807, 2.05) is 18.4 Å². The van der Waals surface area contributed by atoms with Crippen molar-refractivity contribution in [2.24, 2.45) is 0 Å². The highest BCUT2D eigenvalue weighted by atomic mass is 32.1. The second-order valence-corrected chi connectivity index (χ2v) is 5.64. The SMILES string of the molecule is Cc1nc(Cc2cccs2)sc1CC(=O)O. The van der Waals surface area contributed by atoms with Crippen molar-refractivity contribution < 1.29 is 9.90 Å². The van der Waals surface area contributed by atoms with Gasteiger partial charge in [-0.1, -0.05) is 6.07 Å². The van der Waals surface area contributed by atoms with Crippen LogP contribution >= 0.6 is 22.7 Å². The van der Waals surface area contributed by atoms with Gasteiger partial charge >= 0.3 is 5.97 Å². The van der Waals surface area contributed by atoms with Crippen LogP contribution in [0, 0.1) is 6.92 Å². The molecule has 0 aromatic carbocycles. The topological polar surface area (TPSA) is 50.2 Å². The molecule has 3 nitrogen and oxygen atoms in total. The Labute approximate surface area is 101 Å². The molecule has 0 unspecified atom stereocenters. The Balaban J connectivity index is 2.14. The predicted octanol–water partition coefficient (Wildman–Crippen LogP) is 2.73. The molecule has 0 aliphatic rings. The van der Waals surface area contributed by atoms with Gasteiger partial charge in [0, 0.05) is 16.2 Å². The fourth-order valence-corrected chi connectivity index (χ4v) is 3.31. The second kappa shape index (κ2) is 4.76. The molecule has 84 valence electrons. The van der Waals surface area contributed by atoms with Crippen LogP contribution in [0.4, 0.5) is 0 Å². The van der Waals surface area contributed by atoms with Gasteiger partial charge in [0.1, 0.15) is 0 Å². The Kier molecular flexibility index (Phi) is 3.36. The Bertz CT molecular complexity index is 488. The van der Waals surface area contributed by atoms with E-state index in [2.05, 4.69) is 11.1 Å². The van der Waals surface area contributed by atoms with Crippen LogP contribution in [0.15, 0.2) is 17.5 Å². The molecule has 0 bridgehead atoms. The van der Waals surface area contributed by atoms with Gasteiger partial charge in [0.25, 0.3) is 0 Å². The van der Waals surface area contributed by atoms with E-state index in [1.54, 1.807) is 11.3 Å². The zero-order valence-corrected chi connectivity index (χ0v) is 10.4. The molecular formula is C11H11NO2S2. The molecule has 2 heterocycles. The molecule has 0 fully saturated rings. The van der Waals surface area contributed by atoms with Crippen LogP contribution in [0.2, 0.25) is 0 Å².